The molecule has 0 spiro atoms. The maximum atomic E-state index is 8.92. The summed E-state index contributed by atoms with van der Waals surface area (Å²) in [6.45, 7) is 1.02. The van der Waals surface area contributed by atoms with Crippen LogP contribution in [0, 0.1) is 5.92 Å². The third-order valence-corrected chi connectivity index (χ3v) is 6.31. The molecular formula is C20H30BClN2O4. The Balaban J connectivity index is 0.000000878. The summed E-state index contributed by atoms with van der Waals surface area (Å²) in [5, 5.41) is 18.6. The Bertz CT molecular complexity index is 611. The van der Waals surface area contributed by atoms with Crippen molar-refractivity contribution in [3.8, 4) is 0 Å². The summed E-state index contributed by atoms with van der Waals surface area (Å²) in [5.74, 6) is 0.609. The van der Waals surface area contributed by atoms with Gasteiger partial charge in [-0.3, -0.25) is 4.90 Å². The number of nitrogens with zero attached hydrogens (tertiary/aromatic N) is 1. The fourth-order valence-electron chi connectivity index (χ4n) is 4.67. The quantitative estimate of drug-likeness (QED) is 0.451. The Hall–Kier alpha value is -1.21. The number of fused-ring (bicyclic) bond motifs is 2. The van der Waals surface area contributed by atoms with E-state index in [0.717, 1.165) is 30.8 Å². The standard InChI is InChI=1S/C19H30BClN2O2.CO2/c21-16-6-4-14(5-7-16)13-23-17-8-9-18(23)12-15(11-17)19(22)3-1-2-10-20(24)25;2-1-3/h4-7,15,17-19,24-25H,1-3,8-13,22H2;. The molecule has 2 aliphatic rings. The van der Waals surface area contributed by atoms with Crippen molar-refractivity contribution in [3.05, 3.63) is 34.9 Å². The van der Waals surface area contributed by atoms with Crippen molar-refractivity contribution in [1.82, 2.24) is 4.90 Å². The molecule has 28 heavy (non-hydrogen) atoms. The molecule has 2 bridgehead atoms. The minimum atomic E-state index is -1.18. The lowest BCUT2D eigenvalue weighted by Crippen LogP contribution is -2.46. The summed E-state index contributed by atoms with van der Waals surface area (Å²) in [6.07, 6.45) is 8.51. The summed E-state index contributed by atoms with van der Waals surface area (Å²) >= 11 is 5.99. The lowest BCUT2D eigenvalue weighted by molar-refractivity contribution is -0.191. The highest BCUT2D eigenvalue weighted by molar-refractivity contribution is 6.40. The Morgan fingerprint density at radius 3 is 2.25 bits per heavy atom. The summed E-state index contributed by atoms with van der Waals surface area (Å²) < 4.78 is 0. The van der Waals surface area contributed by atoms with E-state index in [1.165, 1.54) is 31.2 Å². The number of rotatable bonds is 8. The van der Waals surface area contributed by atoms with Crippen molar-refractivity contribution in [1.29, 1.82) is 0 Å². The van der Waals surface area contributed by atoms with Gasteiger partial charge < -0.3 is 15.8 Å². The van der Waals surface area contributed by atoms with E-state index in [9.17, 15) is 0 Å². The van der Waals surface area contributed by atoms with Gasteiger partial charge in [0.1, 0.15) is 0 Å². The van der Waals surface area contributed by atoms with E-state index < -0.39 is 7.12 Å². The van der Waals surface area contributed by atoms with Crippen LogP contribution in [-0.2, 0) is 16.1 Å². The predicted octanol–water partition coefficient (Wildman–Crippen LogP) is 2.47. The molecule has 2 heterocycles. The van der Waals surface area contributed by atoms with Gasteiger partial charge >= 0.3 is 13.3 Å². The van der Waals surface area contributed by atoms with Crippen LogP contribution in [0.1, 0.15) is 50.5 Å². The van der Waals surface area contributed by atoms with Crippen LogP contribution in [-0.4, -0.2) is 46.3 Å². The molecule has 3 atom stereocenters. The number of nitrogens with two attached hydrogens (primary N) is 1. The van der Waals surface area contributed by atoms with E-state index in [4.69, 9.17) is 37.0 Å². The molecule has 4 N–H and O–H groups in total. The van der Waals surface area contributed by atoms with Crippen molar-refractivity contribution < 1.29 is 19.6 Å². The van der Waals surface area contributed by atoms with Crippen molar-refractivity contribution in [2.75, 3.05) is 0 Å². The Kier molecular flexibility index (Phi) is 9.65. The molecule has 2 fully saturated rings. The van der Waals surface area contributed by atoms with Crippen LogP contribution < -0.4 is 5.73 Å². The second-order valence-corrected chi connectivity index (χ2v) is 8.36. The van der Waals surface area contributed by atoms with Crippen LogP contribution in [0.4, 0.5) is 0 Å². The Morgan fingerprint density at radius 2 is 1.71 bits per heavy atom. The summed E-state index contributed by atoms with van der Waals surface area (Å²) in [4.78, 5) is 18.9. The Labute approximate surface area is 172 Å². The number of carbonyl (C=O) groups excluding carboxylic acids is 2. The molecule has 3 unspecified atom stereocenters. The van der Waals surface area contributed by atoms with E-state index in [1.54, 1.807) is 0 Å². The smallest absolute Gasteiger partial charge is 0.427 e. The van der Waals surface area contributed by atoms with Gasteiger partial charge in [0.15, 0.2) is 0 Å². The molecule has 1 aromatic carbocycles. The monoisotopic (exact) mass is 408 g/mol. The maximum Gasteiger partial charge on any atom is 0.451 e. The maximum absolute atomic E-state index is 8.92. The highest BCUT2D eigenvalue weighted by atomic mass is 35.5. The first-order valence-electron chi connectivity index (χ1n) is 10.1. The first kappa shape index (κ1) is 23.1. The van der Waals surface area contributed by atoms with Crippen molar-refractivity contribution in [2.24, 2.45) is 11.7 Å². The molecular weight excluding hydrogens is 378 g/mol. The van der Waals surface area contributed by atoms with Crippen LogP contribution >= 0.6 is 11.6 Å². The van der Waals surface area contributed by atoms with Crippen molar-refractivity contribution in [3.63, 3.8) is 0 Å². The first-order chi connectivity index (χ1) is 13.4. The predicted molar refractivity (Wildman–Crippen MR) is 108 cm³/mol. The topological polar surface area (TPSA) is 104 Å². The van der Waals surface area contributed by atoms with Crippen LogP contribution in [0.2, 0.25) is 11.3 Å². The molecule has 0 saturated carbocycles. The third-order valence-electron chi connectivity index (χ3n) is 6.05. The number of halogens is 1. The van der Waals surface area contributed by atoms with Gasteiger partial charge in [0.2, 0.25) is 0 Å². The minimum absolute atomic E-state index is 0.247. The highest BCUT2D eigenvalue weighted by Crippen LogP contribution is 2.41. The van der Waals surface area contributed by atoms with Gasteiger partial charge in [0.05, 0.1) is 0 Å². The molecule has 0 aliphatic carbocycles. The zero-order valence-corrected chi connectivity index (χ0v) is 16.9. The van der Waals surface area contributed by atoms with Crippen LogP contribution in [0.5, 0.6) is 0 Å². The number of piperidine rings is 1. The van der Waals surface area contributed by atoms with Gasteiger partial charge in [-0.1, -0.05) is 36.6 Å². The van der Waals surface area contributed by atoms with E-state index >= 15 is 0 Å². The molecule has 2 aliphatic heterocycles. The third kappa shape index (κ3) is 7.00. The minimum Gasteiger partial charge on any atom is -0.427 e. The normalized spacial score (nSPS) is 24.8. The van der Waals surface area contributed by atoms with E-state index in [0.29, 0.717) is 24.3 Å². The number of unbranched alkanes of at least 4 members (excludes halogenated alkanes) is 1. The van der Waals surface area contributed by atoms with E-state index in [2.05, 4.69) is 17.0 Å². The first-order valence-corrected chi connectivity index (χ1v) is 10.4. The fraction of sp³-hybridized carbons (Fsp3) is 0.650. The lowest BCUT2D eigenvalue weighted by Gasteiger charge is -2.41. The number of hydrogen-bond acceptors (Lipinski definition) is 6. The zero-order valence-electron chi connectivity index (χ0n) is 16.2. The average Bonchev–Trinajstić information content (AvgIpc) is 2.88. The van der Waals surface area contributed by atoms with Crippen LogP contribution in [0.3, 0.4) is 0 Å². The largest absolute Gasteiger partial charge is 0.451 e. The van der Waals surface area contributed by atoms with Gasteiger partial charge in [-0.2, -0.15) is 9.59 Å². The zero-order chi connectivity index (χ0) is 20.5. The van der Waals surface area contributed by atoms with Gasteiger partial charge in [-0.25, -0.2) is 0 Å². The van der Waals surface area contributed by atoms with Crippen molar-refractivity contribution >= 4 is 24.9 Å². The van der Waals surface area contributed by atoms with Crippen molar-refractivity contribution in [2.45, 2.75) is 75.9 Å². The van der Waals surface area contributed by atoms with Gasteiger partial charge in [0.25, 0.3) is 0 Å². The number of benzene rings is 1. The highest BCUT2D eigenvalue weighted by Gasteiger charge is 2.41. The van der Waals surface area contributed by atoms with Gasteiger partial charge in [0, 0.05) is 29.7 Å². The molecule has 2 saturated heterocycles. The molecule has 6 nitrogen and oxygen atoms in total. The second kappa shape index (κ2) is 11.7. The summed E-state index contributed by atoms with van der Waals surface area (Å²) in [6, 6.07) is 9.78. The lowest BCUT2D eigenvalue weighted by atomic mass is 9.80. The molecule has 154 valence electrons. The molecule has 0 radical (unpaired) electrons. The van der Waals surface area contributed by atoms with E-state index in [1.807, 2.05) is 12.1 Å². The van der Waals surface area contributed by atoms with Gasteiger partial charge in [-0.15, -0.1) is 0 Å². The second-order valence-electron chi connectivity index (χ2n) is 7.93. The van der Waals surface area contributed by atoms with Crippen LogP contribution in [0.25, 0.3) is 0 Å². The SMILES string of the molecule is NC(CCCCB(O)O)C1CC2CCC(C1)N2Cc1ccc(Cl)cc1.O=C=O. The average molecular weight is 409 g/mol. The van der Waals surface area contributed by atoms with Crippen LogP contribution in [0.15, 0.2) is 24.3 Å². The molecule has 3 rings (SSSR count). The Morgan fingerprint density at radius 1 is 1.14 bits per heavy atom. The van der Waals surface area contributed by atoms with Gasteiger partial charge in [-0.05, 0) is 62.0 Å². The molecule has 0 aromatic heterocycles. The van der Waals surface area contributed by atoms with E-state index in [-0.39, 0.29) is 12.2 Å². The summed E-state index contributed by atoms with van der Waals surface area (Å²) in [7, 11) is -1.18. The number of hydrogen-bond donors (Lipinski definition) is 3. The molecule has 1 aromatic rings. The molecule has 0 amide bonds. The summed E-state index contributed by atoms with van der Waals surface area (Å²) in [5.41, 5.74) is 7.81. The molecule has 8 heteroatoms. The fourth-order valence-corrected chi connectivity index (χ4v) is 4.79.